The van der Waals surface area contributed by atoms with Crippen LogP contribution in [-0.2, 0) is 0 Å². The summed E-state index contributed by atoms with van der Waals surface area (Å²) in [6.45, 7) is 4.63. The van der Waals surface area contributed by atoms with Crippen LogP contribution in [0, 0.1) is 16.0 Å². The van der Waals surface area contributed by atoms with Crippen LogP contribution >= 0.6 is 11.6 Å². The molecule has 0 aliphatic heterocycles. The molecular weight excluding hydrogens is 360 g/mol. The Labute approximate surface area is 155 Å². The van der Waals surface area contributed by atoms with E-state index in [0.717, 1.165) is 6.42 Å². The van der Waals surface area contributed by atoms with Crippen molar-refractivity contribution in [2.45, 2.75) is 20.3 Å². The smallest absolute Gasteiger partial charge is 0.354 e. The molecule has 0 aliphatic rings. The number of nitro groups is 1. The molecule has 1 aromatic heterocycles. The van der Waals surface area contributed by atoms with Crippen molar-refractivity contribution >= 4 is 34.8 Å². The molecule has 0 spiro atoms. The summed E-state index contributed by atoms with van der Waals surface area (Å²) < 4.78 is 0. The van der Waals surface area contributed by atoms with E-state index < -0.39 is 10.8 Å². The molecule has 26 heavy (non-hydrogen) atoms. The molecule has 1 aromatic carbocycles. The Morgan fingerprint density at radius 3 is 2.69 bits per heavy atom. The van der Waals surface area contributed by atoms with Crippen molar-refractivity contribution in [2.75, 3.05) is 17.3 Å². The molecule has 1 amide bonds. The van der Waals surface area contributed by atoms with E-state index in [0.29, 0.717) is 23.0 Å². The third-order valence-electron chi connectivity index (χ3n) is 3.40. The van der Waals surface area contributed by atoms with Gasteiger partial charge in [0, 0.05) is 17.1 Å². The van der Waals surface area contributed by atoms with E-state index in [1.165, 1.54) is 12.4 Å². The van der Waals surface area contributed by atoms with Gasteiger partial charge in [0.25, 0.3) is 5.91 Å². The SMILES string of the molecule is CC(C)CCNc1ncnc(NNC(=O)c2cccc(Cl)c2)c1[N+](=O)[O-]. The summed E-state index contributed by atoms with van der Waals surface area (Å²) in [5.74, 6) is -0.0923. The number of carbonyl (C=O) groups excluding carboxylic acids is 1. The molecular formula is C16H19ClN6O3. The second-order valence-corrected chi connectivity index (χ2v) is 6.31. The van der Waals surface area contributed by atoms with Gasteiger partial charge in [-0.2, -0.15) is 0 Å². The van der Waals surface area contributed by atoms with Gasteiger partial charge in [-0.1, -0.05) is 31.5 Å². The van der Waals surface area contributed by atoms with Crippen LogP contribution in [-0.4, -0.2) is 27.3 Å². The predicted octanol–water partition coefficient (Wildman–Crippen LogP) is 3.25. The summed E-state index contributed by atoms with van der Waals surface area (Å²) in [6, 6.07) is 6.30. The minimum atomic E-state index is -0.606. The molecule has 138 valence electrons. The second-order valence-electron chi connectivity index (χ2n) is 5.88. The normalized spacial score (nSPS) is 10.5. The van der Waals surface area contributed by atoms with E-state index >= 15 is 0 Å². The first kappa shape index (κ1) is 19.4. The first-order chi connectivity index (χ1) is 12.4. The highest BCUT2D eigenvalue weighted by molar-refractivity contribution is 6.30. The number of halogens is 1. The van der Waals surface area contributed by atoms with Gasteiger partial charge in [0.1, 0.15) is 6.33 Å². The number of aromatic nitrogens is 2. The zero-order valence-corrected chi connectivity index (χ0v) is 15.1. The highest BCUT2D eigenvalue weighted by Gasteiger charge is 2.23. The molecule has 9 nitrogen and oxygen atoms in total. The maximum Gasteiger partial charge on any atom is 0.354 e. The van der Waals surface area contributed by atoms with Crippen molar-refractivity contribution in [1.82, 2.24) is 15.4 Å². The van der Waals surface area contributed by atoms with Crippen LogP contribution in [0.4, 0.5) is 17.3 Å². The van der Waals surface area contributed by atoms with Gasteiger partial charge in [-0.25, -0.2) is 9.97 Å². The van der Waals surface area contributed by atoms with E-state index in [9.17, 15) is 14.9 Å². The summed E-state index contributed by atoms with van der Waals surface area (Å²) in [4.78, 5) is 30.7. The van der Waals surface area contributed by atoms with Crippen LogP contribution in [0.25, 0.3) is 0 Å². The fourth-order valence-corrected chi connectivity index (χ4v) is 2.26. The van der Waals surface area contributed by atoms with Gasteiger partial charge < -0.3 is 5.32 Å². The minimum Gasteiger partial charge on any atom is -0.364 e. The fourth-order valence-electron chi connectivity index (χ4n) is 2.07. The van der Waals surface area contributed by atoms with Crippen LogP contribution in [0.3, 0.4) is 0 Å². The maximum atomic E-state index is 12.1. The van der Waals surface area contributed by atoms with Crippen LogP contribution in [0.5, 0.6) is 0 Å². The molecule has 0 saturated carbocycles. The number of hydrogen-bond acceptors (Lipinski definition) is 7. The van der Waals surface area contributed by atoms with Gasteiger partial charge in [0.2, 0.25) is 11.6 Å². The summed E-state index contributed by atoms with van der Waals surface area (Å²) in [5, 5.41) is 14.7. The van der Waals surface area contributed by atoms with Gasteiger partial charge in [0.05, 0.1) is 4.92 Å². The first-order valence-corrected chi connectivity index (χ1v) is 8.31. The van der Waals surface area contributed by atoms with Gasteiger partial charge >= 0.3 is 5.69 Å². The molecule has 0 radical (unpaired) electrons. The maximum absolute atomic E-state index is 12.1. The quantitative estimate of drug-likeness (QED) is 0.476. The second kappa shape index (κ2) is 8.95. The minimum absolute atomic E-state index is 0.0881. The number of benzene rings is 1. The number of anilines is 2. The lowest BCUT2D eigenvalue weighted by molar-refractivity contribution is -0.383. The number of nitrogens with zero attached hydrogens (tertiary/aromatic N) is 3. The molecule has 1 heterocycles. The molecule has 0 unspecified atom stereocenters. The molecule has 0 bridgehead atoms. The van der Waals surface area contributed by atoms with E-state index in [-0.39, 0.29) is 17.3 Å². The van der Waals surface area contributed by atoms with E-state index in [1.807, 2.05) is 0 Å². The molecule has 0 aliphatic carbocycles. The number of nitrogens with one attached hydrogen (secondary N) is 3. The zero-order chi connectivity index (χ0) is 19.1. The van der Waals surface area contributed by atoms with Gasteiger partial charge in [-0.05, 0) is 30.5 Å². The predicted molar refractivity (Wildman–Crippen MR) is 99.2 cm³/mol. The molecule has 0 saturated heterocycles. The standard InChI is InChI=1S/C16H19ClN6O3/c1-10(2)6-7-18-14-13(23(25)26)15(20-9-19-14)21-22-16(24)11-4-3-5-12(17)8-11/h3-5,8-10H,6-7H2,1-2H3,(H,22,24)(H2,18,19,20,21). The lowest BCUT2D eigenvalue weighted by Gasteiger charge is -2.11. The highest BCUT2D eigenvalue weighted by atomic mass is 35.5. The average Bonchev–Trinajstić information content (AvgIpc) is 2.59. The topological polar surface area (TPSA) is 122 Å². The number of amides is 1. The fraction of sp³-hybridized carbons (Fsp3) is 0.312. The monoisotopic (exact) mass is 378 g/mol. The van der Waals surface area contributed by atoms with Gasteiger partial charge in [-0.3, -0.25) is 25.8 Å². The Balaban J connectivity index is 2.13. The third kappa shape index (κ3) is 5.28. The van der Waals surface area contributed by atoms with E-state index in [4.69, 9.17) is 11.6 Å². The van der Waals surface area contributed by atoms with Crippen molar-refractivity contribution < 1.29 is 9.72 Å². The summed E-state index contributed by atoms with van der Waals surface area (Å²) in [7, 11) is 0. The molecule has 0 atom stereocenters. The van der Waals surface area contributed by atoms with E-state index in [2.05, 4.69) is 40.0 Å². The summed E-state index contributed by atoms with van der Waals surface area (Å²) in [5.41, 5.74) is 4.80. The first-order valence-electron chi connectivity index (χ1n) is 7.93. The Hall–Kier alpha value is -2.94. The van der Waals surface area contributed by atoms with Crippen molar-refractivity contribution in [2.24, 2.45) is 5.92 Å². The Morgan fingerprint density at radius 1 is 1.31 bits per heavy atom. The van der Waals surface area contributed by atoms with Crippen molar-refractivity contribution in [3.8, 4) is 0 Å². The molecule has 3 N–H and O–H groups in total. The molecule has 0 fully saturated rings. The summed E-state index contributed by atoms with van der Waals surface area (Å²) in [6.07, 6.45) is 2.01. The van der Waals surface area contributed by atoms with Crippen molar-refractivity contribution in [3.63, 3.8) is 0 Å². The van der Waals surface area contributed by atoms with Crippen molar-refractivity contribution in [3.05, 3.63) is 51.3 Å². The zero-order valence-electron chi connectivity index (χ0n) is 14.3. The molecule has 2 aromatic rings. The lowest BCUT2D eigenvalue weighted by atomic mass is 10.1. The number of rotatable bonds is 8. The Kier molecular flexibility index (Phi) is 6.67. The van der Waals surface area contributed by atoms with Crippen LogP contribution in [0.2, 0.25) is 5.02 Å². The third-order valence-corrected chi connectivity index (χ3v) is 3.64. The van der Waals surface area contributed by atoms with Gasteiger partial charge in [0.15, 0.2) is 0 Å². The van der Waals surface area contributed by atoms with E-state index in [1.54, 1.807) is 18.2 Å². The largest absolute Gasteiger partial charge is 0.364 e. The van der Waals surface area contributed by atoms with Crippen molar-refractivity contribution in [1.29, 1.82) is 0 Å². The number of carbonyl (C=O) groups is 1. The van der Waals surface area contributed by atoms with Gasteiger partial charge in [-0.15, -0.1) is 0 Å². The van der Waals surface area contributed by atoms with Crippen LogP contribution < -0.4 is 16.2 Å². The molecule has 2 rings (SSSR count). The Bertz CT molecular complexity index is 799. The van der Waals surface area contributed by atoms with Crippen LogP contribution in [0.1, 0.15) is 30.6 Å². The Morgan fingerprint density at radius 2 is 2.04 bits per heavy atom. The number of hydrogen-bond donors (Lipinski definition) is 3. The number of hydrazine groups is 1. The average molecular weight is 379 g/mol. The highest BCUT2D eigenvalue weighted by Crippen LogP contribution is 2.28. The lowest BCUT2D eigenvalue weighted by Crippen LogP contribution is -2.30. The summed E-state index contributed by atoms with van der Waals surface area (Å²) >= 11 is 5.85. The molecule has 10 heteroatoms. The van der Waals surface area contributed by atoms with Crippen LogP contribution in [0.15, 0.2) is 30.6 Å².